The van der Waals surface area contributed by atoms with E-state index in [1.54, 1.807) is 36.9 Å². The molecule has 0 saturated carbocycles. The van der Waals surface area contributed by atoms with Crippen LogP contribution in [0.1, 0.15) is 5.56 Å². The molecule has 0 spiro atoms. The number of carbonyl (C=O) groups is 1. The van der Waals surface area contributed by atoms with Crippen LogP contribution in [0.15, 0.2) is 55.2 Å². The minimum atomic E-state index is -0.308. The monoisotopic (exact) mass is 337 g/mol. The maximum absolute atomic E-state index is 12.0. The van der Waals surface area contributed by atoms with Gasteiger partial charge >= 0.3 is 6.03 Å². The molecule has 8 nitrogen and oxygen atoms in total. The summed E-state index contributed by atoms with van der Waals surface area (Å²) in [6, 6.07) is 8.71. The Hall–Kier alpha value is -3.55. The molecule has 0 atom stereocenters. The largest absolute Gasteiger partial charge is 0.454 e. The molecule has 3 aromatic rings. The highest BCUT2D eigenvalue weighted by atomic mass is 16.7. The Bertz CT molecular complexity index is 878. The molecule has 0 fully saturated rings. The number of rotatable bonds is 4. The van der Waals surface area contributed by atoms with Gasteiger partial charge in [-0.15, -0.1) is 0 Å². The summed E-state index contributed by atoms with van der Waals surface area (Å²) >= 11 is 0. The second kappa shape index (κ2) is 6.52. The van der Waals surface area contributed by atoms with E-state index in [1.165, 1.54) is 0 Å². The lowest BCUT2D eigenvalue weighted by Gasteiger charge is -2.09. The third-order valence-electron chi connectivity index (χ3n) is 3.66. The third kappa shape index (κ3) is 3.37. The van der Waals surface area contributed by atoms with Crippen molar-refractivity contribution in [3.05, 3.63) is 60.8 Å². The summed E-state index contributed by atoms with van der Waals surface area (Å²) < 4.78 is 12.3. The number of benzene rings is 1. The molecule has 126 valence electrons. The average molecular weight is 337 g/mol. The molecule has 1 aliphatic rings. The lowest BCUT2D eigenvalue weighted by Crippen LogP contribution is -2.28. The Morgan fingerprint density at radius 2 is 2.12 bits per heavy atom. The van der Waals surface area contributed by atoms with Gasteiger partial charge in [0.25, 0.3) is 0 Å². The molecule has 1 aliphatic heterocycles. The number of anilines is 1. The van der Waals surface area contributed by atoms with Gasteiger partial charge in [0, 0.05) is 36.9 Å². The van der Waals surface area contributed by atoms with Gasteiger partial charge in [-0.3, -0.25) is 4.57 Å². The first-order chi connectivity index (χ1) is 12.3. The zero-order valence-corrected chi connectivity index (χ0v) is 13.2. The van der Waals surface area contributed by atoms with Crippen molar-refractivity contribution in [3.8, 4) is 17.3 Å². The van der Waals surface area contributed by atoms with Gasteiger partial charge in [-0.1, -0.05) is 6.07 Å². The number of hydrogen-bond donors (Lipinski definition) is 2. The number of imidazole rings is 1. The Kier molecular flexibility index (Phi) is 3.91. The highest BCUT2D eigenvalue weighted by Crippen LogP contribution is 2.34. The van der Waals surface area contributed by atoms with E-state index >= 15 is 0 Å². The summed E-state index contributed by atoms with van der Waals surface area (Å²) in [5, 5.41) is 5.55. The molecule has 2 N–H and O–H groups in total. The molecule has 3 heterocycles. The van der Waals surface area contributed by atoms with Gasteiger partial charge in [0.1, 0.15) is 12.1 Å². The van der Waals surface area contributed by atoms with E-state index in [0.29, 0.717) is 23.7 Å². The van der Waals surface area contributed by atoms with Crippen LogP contribution in [0.3, 0.4) is 0 Å². The molecule has 2 aromatic heterocycles. The summed E-state index contributed by atoms with van der Waals surface area (Å²) in [5.74, 6) is 2.07. The SMILES string of the molecule is O=C(NCc1ccc(-n2ccnc2)nc1)Nc1ccc2c(c1)OCO2. The van der Waals surface area contributed by atoms with Gasteiger partial charge in [0.2, 0.25) is 6.79 Å². The topological polar surface area (TPSA) is 90.3 Å². The Labute approximate surface area is 143 Å². The van der Waals surface area contributed by atoms with Crippen LogP contribution in [0.4, 0.5) is 10.5 Å². The quantitative estimate of drug-likeness (QED) is 0.762. The highest BCUT2D eigenvalue weighted by molar-refractivity contribution is 5.89. The number of ether oxygens (including phenoxy) is 2. The van der Waals surface area contributed by atoms with Gasteiger partial charge in [-0.25, -0.2) is 14.8 Å². The van der Waals surface area contributed by atoms with Gasteiger partial charge in [0.15, 0.2) is 11.5 Å². The van der Waals surface area contributed by atoms with Crippen LogP contribution < -0.4 is 20.1 Å². The standard InChI is InChI=1S/C17H15N5O3/c23-17(21-13-2-3-14-15(7-13)25-11-24-14)20-9-12-1-4-16(19-8-12)22-6-5-18-10-22/h1-8,10H,9,11H2,(H2,20,21,23). The van der Waals surface area contributed by atoms with Crippen LogP contribution in [-0.2, 0) is 6.54 Å². The number of urea groups is 1. The van der Waals surface area contributed by atoms with Crippen molar-refractivity contribution in [2.45, 2.75) is 6.54 Å². The van der Waals surface area contributed by atoms with Gasteiger partial charge in [0.05, 0.1) is 0 Å². The van der Waals surface area contributed by atoms with Crippen LogP contribution in [0.5, 0.6) is 11.5 Å². The third-order valence-corrected chi connectivity index (χ3v) is 3.66. The molecule has 2 amide bonds. The molecule has 8 heteroatoms. The van der Waals surface area contributed by atoms with E-state index in [9.17, 15) is 4.79 Å². The molecular formula is C17H15N5O3. The number of nitrogens with zero attached hydrogens (tertiary/aromatic N) is 3. The van der Waals surface area contributed by atoms with Crippen molar-refractivity contribution in [2.75, 3.05) is 12.1 Å². The summed E-state index contributed by atoms with van der Waals surface area (Å²) in [5.41, 5.74) is 1.53. The van der Waals surface area contributed by atoms with E-state index < -0.39 is 0 Å². The smallest absolute Gasteiger partial charge is 0.319 e. The van der Waals surface area contributed by atoms with Crippen LogP contribution >= 0.6 is 0 Å². The van der Waals surface area contributed by atoms with Crippen LogP contribution in [0.2, 0.25) is 0 Å². The van der Waals surface area contributed by atoms with E-state index in [0.717, 1.165) is 11.4 Å². The Balaban J connectivity index is 1.32. The van der Waals surface area contributed by atoms with Gasteiger partial charge < -0.3 is 20.1 Å². The van der Waals surface area contributed by atoms with E-state index in [2.05, 4.69) is 20.6 Å². The number of pyridine rings is 1. The van der Waals surface area contributed by atoms with E-state index in [1.807, 2.05) is 22.9 Å². The molecule has 25 heavy (non-hydrogen) atoms. The van der Waals surface area contributed by atoms with Gasteiger partial charge in [-0.05, 0) is 23.8 Å². The molecule has 0 bridgehead atoms. The summed E-state index contributed by atoms with van der Waals surface area (Å²) in [6.07, 6.45) is 6.91. The average Bonchev–Trinajstić information content (AvgIpc) is 3.32. The molecular weight excluding hydrogens is 322 g/mol. The maximum atomic E-state index is 12.0. The lowest BCUT2D eigenvalue weighted by atomic mass is 10.2. The zero-order chi connectivity index (χ0) is 17.1. The van der Waals surface area contributed by atoms with Crippen LogP contribution in [-0.4, -0.2) is 27.4 Å². The van der Waals surface area contributed by atoms with Crippen molar-refractivity contribution in [1.29, 1.82) is 0 Å². The zero-order valence-electron chi connectivity index (χ0n) is 13.2. The minimum absolute atomic E-state index is 0.201. The Morgan fingerprint density at radius 3 is 2.92 bits per heavy atom. The molecule has 4 rings (SSSR count). The van der Waals surface area contributed by atoms with Crippen molar-refractivity contribution < 1.29 is 14.3 Å². The second-order valence-corrected chi connectivity index (χ2v) is 5.37. The number of amides is 2. The Morgan fingerprint density at radius 1 is 1.20 bits per heavy atom. The van der Waals surface area contributed by atoms with Crippen LogP contribution in [0, 0.1) is 0 Å². The molecule has 0 unspecified atom stereocenters. The number of hydrogen-bond acceptors (Lipinski definition) is 5. The normalized spacial score (nSPS) is 12.0. The first-order valence-electron chi connectivity index (χ1n) is 7.66. The number of nitrogens with one attached hydrogen (secondary N) is 2. The molecule has 0 aliphatic carbocycles. The predicted octanol–water partition coefficient (Wildman–Crippen LogP) is 2.32. The summed E-state index contributed by atoms with van der Waals surface area (Å²) in [6.45, 7) is 0.570. The van der Waals surface area contributed by atoms with Crippen molar-refractivity contribution in [3.63, 3.8) is 0 Å². The van der Waals surface area contributed by atoms with Crippen molar-refractivity contribution in [2.24, 2.45) is 0 Å². The van der Waals surface area contributed by atoms with Crippen LogP contribution in [0.25, 0.3) is 5.82 Å². The number of carbonyl (C=O) groups excluding carboxylic acids is 1. The first kappa shape index (κ1) is 15.0. The summed E-state index contributed by atoms with van der Waals surface area (Å²) in [4.78, 5) is 20.3. The van der Waals surface area contributed by atoms with Crippen molar-refractivity contribution in [1.82, 2.24) is 19.9 Å². The fraction of sp³-hybridized carbons (Fsp3) is 0.118. The molecule has 0 radical (unpaired) electrons. The van der Waals surface area contributed by atoms with E-state index in [-0.39, 0.29) is 12.8 Å². The first-order valence-corrected chi connectivity index (χ1v) is 7.66. The maximum Gasteiger partial charge on any atom is 0.319 e. The molecule has 1 aromatic carbocycles. The predicted molar refractivity (Wildman–Crippen MR) is 89.8 cm³/mol. The summed E-state index contributed by atoms with van der Waals surface area (Å²) in [7, 11) is 0. The number of fused-ring (bicyclic) bond motifs is 1. The molecule has 0 saturated heterocycles. The van der Waals surface area contributed by atoms with Gasteiger partial charge in [-0.2, -0.15) is 0 Å². The highest BCUT2D eigenvalue weighted by Gasteiger charge is 2.14. The van der Waals surface area contributed by atoms with E-state index in [4.69, 9.17) is 9.47 Å². The number of aromatic nitrogens is 3. The second-order valence-electron chi connectivity index (χ2n) is 5.37. The lowest BCUT2D eigenvalue weighted by molar-refractivity contribution is 0.174. The minimum Gasteiger partial charge on any atom is -0.454 e. The van der Waals surface area contributed by atoms with Crippen molar-refractivity contribution >= 4 is 11.7 Å². The fourth-order valence-corrected chi connectivity index (χ4v) is 2.40. The fourth-order valence-electron chi connectivity index (χ4n) is 2.40.